The second kappa shape index (κ2) is 7.80. The first-order chi connectivity index (χ1) is 12.1. The highest BCUT2D eigenvalue weighted by atomic mass is 32.2. The van der Waals surface area contributed by atoms with E-state index >= 15 is 0 Å². The van der Waals surface area contributed by atoms with E-state index in [-0.39, 0.29) is 5.91 Å². The molecule has 0 radical (unpaired) electrons. The first-order valence-electron chi connectivity index (χ1n) is 8.44. The van der Waals surface area contributed by atoms with Gasteiger partial charge in [0.05, 0.1) is 4.90 Å². The van der Waals surface area contributed by atoms with Crippen LogP contribution in [0.25, 0.3) is 0 Å². The number of benzene rings is 2. The average Bonchev–Trinajstić information content (AvgIpc) is 2.68. The summed E-state index contributed by atoms with van der Waals surface area (Å²) in [4.78, 5) is 14.4. The van der Waals surface area contributed by atoms with Crippen molar-refractivity contribution in [3.05, 3.63) is 66.2 Å². The lowest BCUT2D eigenvalue weighted by Crippen LogP contribution is -2.50. The van der Waals surface area contributed by atoms with E-state index in [1.54, 1.807) is 35.2 Å². The van der Waals surface area contributed by atoms with Gasteiger partial charge in [-0.15, -0.1) is 0 Å². The van der Waals surface area contributed by atoms with E-state index < -0.39 is 10.0 Å². The van der Waals surface area contributed by atoms with Crippen LogP contribution in [0.1, 0.15) is 12.0 Å². The van der Waals surface area contributed by atoms with Gasteiger partial charge in [-0.2, -0.15) is 4.31 Å². The molecule has 1 aliphatic rings. The average molecular weight is 358 g/mol. The van der Waals surface area contributed by atoms with Gasteiger partial charge in [0.2, 0.25) is 15.9 Å². The van der Waals surface area contributed by atoms with E-state index in [1.165, 1.54) is 4.31 Å². The molecule has 0 spiro atoms. The second-order valence-electron chi connectivity index (χ2n) is 6.08. The summed E-state index contributed by atoms with van der Waals surface area (Å²) >= 11 is 0. The largest absolute Gasteiger partial charge is 0.340 e. The third kappa shape index (κ3) is 4.27. The molecular weight excluding hydrogens is 336 g/mol. The molecule has 0 unspecified atom stereocenters. The monoisotopic (exact) mass is 358 g/mol. The first kappa shape index (κ1) is 17.6. The minimum atomic E-state index is -3.47. The molecule has 0 aliphatic carbocycles. The van der Waals surface area contributed by atoms with E-state index in [0.29, 0.717) is 43.9 Å². The van der Waals surface area contributed by atoms with Crippen LogP contribution in [0.5, 0.6) is 0 Å². The van der Waals surface area contributed by atoms with Gasteiger partial charge in [0.1, 0.15) is 0 Å². The number of piperazine rings is 1. The molecule has 0 saturated carbocycles. The summed E-state index contributed by atoms with van der Waals surface area (Å²) in [7, 11) is -3.47. The Morgan fingerprint density at radius 1 is 0.840 bits per heavy atom. The molecule has 2 aromatic carbocycles. The molecule has 1 heterocycles. The minimum Gasteiger partial charge on any atom is -0.340 e. The highest BCUT2D eigenvalue weighted by Crippen LogP contribution is 2.17. The summed E-state index contributed by atoms with van der Waals surface area (Å²) < 4.78 is 26.7. The van der Waals surface area contributed by atoms with Crippen molar-refractivity contribution in [2.75, 3.05) is 26.2 Å². The second-order valence-corrected chi connectivity index (χ2v) is 8.02. The number of carbonyl (C=O) groups excluding carboxylic acids is 1. The van der Waals surface area contributed by atoms with E-state index in [2.05, 4.69) is 0 Å². The Kier molecular flexibility index (Phi) is 5.50. The molecular formula is C19H22N2O3S. The Balaban J connectivity index is 1.54. The maximum Gasteiger partial charge on any atom is 0.243 e. The Bertz CT molecular complexity index is 799. The number of aryl methyl sites for hydroxylation is 1. The van der Waals surface area contributed by atoms with Crippen molar-refractivity contribution >= 4 is 15.9 Å². The fourth-order valence-electron chi connectivity index (χ4n) is 2.97. The maximum atomic E-state index is 12.6. The van der Waals surface area contributed by atoms with Gasteiger partial charge in [-0.25, -0.2) is 8.42 Å². The third-order valence-electron chi connectivity index (χ3n) is 4.44. The van der Waals surface area contributed by atoms with Crippen LogP contribution < -0.4 is 0 Å². The third-order valence-corrected chi connectivity index (χ3v) is 6.36. The standard InChI is InChI=1S/C19H22N2O3S/c22-19(12-11-17-7-3-1-4-8-17)20-13-15-21(16-14-20)25(23,24)18-9-5-2-6-10-18/h1-10H,11-16H2. The number of nitrogens with zero attached hydrogens (tertiary/aromatic N) is 2. The molecule has 132 valence electrons. The van der Waals surface area contributed by atoms with E-state index in [4.69, 9.17) is 0 Å². The lowest BCUT2D eigenvalue weighted by atomic mass is 10.1. The van der Waals surface area contributed by atoms with E-state index in [1.807, 2.05) is 30.3 Å². The van der Waals surface area contributed by atoms with Crippen LogP contribution in [-0.2, 0) is 21.2 Å². The number of hydrogen-bond donors (Lipinski definition) is 0. The maximum absolute atomic E-state index is 12.6. The van der Waals surface area contributed by atoms with Gasteiger partial charge in [0.25, 0.3) is 0 Å². The molecule has 0 aromatic heterocycles. The van der Waals surface area contributed by atoms with Crippen molar-refractivity contribution in [3.63, 3.8) is 0 Å². The predicted molar refractivity (Wildman–Crippen MR) is 96.5 cm³/mol. The predicted octanol–water partition coefficient (Wildman–Crippen LogP) is 2.15. The van der Waals surface area contributed by atoms with Crippen molar-refractivity contribution in [2.24, 2.45) is 0 Å². The molecule has 1 amide bonds. The van der Waals surface area contributed by atoms with Gasteiger partial charge >= 0.3 is 0 Å². The lowest BCUT2D eigenvalue weighted by Gasteiger charge is -2.34. The van der Waals surface area contributed by atoms with Gasteiger partial charge in [-0.3, -0.25) is 4.79 Å². The van der Waals surface area contributed by atoms with Gasteiger partial charge in [-0.1, -0.05) is 48.5 Å². The molecule has 2 aromatic rings. The minimum absolute atomic E-state index is 0.0839. The van der Waals surface area contributed by atoms with Crippen LogP contribution in [0.4, 0.5) is 0 Å². The van der Waals surface area contributed by atoms with Crippen LogP contribution in [0.3, 0.4) is 0 Å². The molecule has 1 fully saturated rings. The van der Waals surface area contributed by atoms with Gasteiger partial charge < -0.3 is 4.90 Å². The number of rotatable bonds is 5. The Hall–Kier alpha value is -2.18. The molecule has 0 N–H and O–H groups in total. The molecule has 1 saturated heterocycles. The van der Waals surface area contributed by atoms with Gasteiger partial charge in [-0.05, 0) is 24.1 Å². The molecule has 25 heavy (non-hydrogen) atoms. The van der Waals surface area contributed by atoms with Crippen molar-refractivity contribution in [1.29, 1.82) is 0 Å². The van der Waals surface area contributed by atoms with Gasteiger partial charge in [0.15, 0.2) is 0 Å². The Morgan fingerprint density at radius 3 is 2.00 bits per heavy atom. The van der Waals surface area contributed by atoms with Crippen molar-refractivity contribution in [3.8, 4) is 0 Å². The first-order valence-corrected chi connectivity index (χ1v) is 9.88. The van der Waals surface area contributed by atoms with Crippen LogP contribution in [0.15, 0.2) is 65.6 Å². The zero-order chi connectivity index (χ0) is 17.7. The highest BCUT2D eigenvalue weighted by Gasteiger charge is 2.29. The number of hydrogen-bond acceptors (Lipinski definition) is 3. The summed E-state index contributed by atoms with van der Waals surface area (Å²) in [5.74, 6) is 0.0839. The Morgan fingerprint density at radius 2 is 1.40 bits per heavy atom. The zero-order valence-corrected chi connectivity index (χ0v) is 14.9. The summed E-state index contributed by atoms with van der Waals surface area (Å²) in [6, 6.07) is 18.3. The smallest absolute Gasteiger partial charge is 0.243 e. The van der Waals surface area contributed by atoms with Crippen LogP contribution in [0.2, 0.25) is 0 Å². The SMILES string of the molecule is O=C(CCc1ccccc1)N1CCN(S(=O)(=O)c2ccccc2)CC1. The van der Waals surface area contributed by atoms with Crippen molar-refractivity contribution < 1.29 is 13.2 Å². The lowest BCUT2D eigenvalue weighted by molar-refractivity contribution is -0.132. The van der Waals surface area contributed by atoms with Crippen molar-refractivity contribution in [1.82, 2.24) is 9.21 Å². The summed E-state index contributed by atoms with van der Waals surface area (Å²) in [6.07, 6.45) is 1.16. The summed E-state index contributed by atoms with van der Waals surface area (Å²) in [5, 5.41) is 0. The van der Waals surface area contributed by atoms with E-state index in [0.717, 1.165) is 5.56 Å². The fourth-order valence-corrected chi connectivity index (χ4v) is 4.42. The molecule has 0 bridgehead atoms. The molecule has 6 heteroatoms. The summed E-state index contributed by atoms with van der Waals surface area (Å²) in [5.41, 5.74) is 1.14. The quantitative estimate of drug-likeness (QED) is 0.823. The van der Waals surface area contributed by atoms with Gasteiger partial charge in [0, 0.05) is 32.6 Å². The van der Waals surface area contributed by atoms with Crippen LogP contribution in [-0.4, -0.2) is 49.7 Å². The van der Waals surface area contributed by atoms with Crippen molar-refractivity contribution in [2.45, 2.75) is 17.7 Å². The normalized spacial score (nSPS) is 15.9. The highest BCUT2D eigenvalue weighted by molar-refractivity contribution is 7.89. The van der Waals surface area contributed by atoms with Crippen LogP contribution in [0, 0.1) is 0 Å². The van der Waals surface area contributed by atoms with E-state index in [9.17, 15) is 13.2 Å². The number of carbonyl (C=O) groups is 1. The topological polar surface area (TPSA) is 57.7 Å². The number of sulfonamides is 1. The zero-order valence-electron chi connectivity index (χ0n) is 14.0. The molecule has 1 aliphatic heterocycles. The molecule has 5 nitrogen and oxygen atoms in total. The molecule has 0 atom stereocenters. The molecule has 3 rings (SSSR count). The Labute approximate surface area is 148 Å². The fraction of sp³-hybridized carbons (Fsp3) is 0.316. The van der Waals surface area contributed by atoms with Crippen LogP contribution >= 0.6 is 0 Å². The summed E-state index contributed by atoms with van der Waals surface area (Å²) in [6.45, 7) is 1.57. The number of amides is 1.